The van der Waals surface area contributed by atoms with Crippen LogP contribution < -0.4 is 5.32 Å². The van der Waals surface area contributed by atoms with Crippen molar-refractivity contribution in [1.82, 2.24) is 5.32 Å². The lowest BCUT2D eigenvalue weighted by molar-refractivity contribution is -0.139. The van der Waals surface area contributed by atoms with Gasteiger partial charge in [0.25, 0.3) is 0 Å². The van der Waals surface area contributed by atoms with E-state index in [1.807, 2.05) is 0 Å². The first-order valence-electron chi connectivity index (χ1n) is 3.89. The van der Waals surface area contributed by atoms with Crippen molar-refractivity contribution >= 4 is 0 Å². The van der Waals surface area contributed by atoms with Gasteiger partial charge < -0.3 is 10.1 Å². The lowest BCUT2D eigenvalue weighted by Crippen LogP contribution is -2.32. The van der Waals surface area contributed by atoms with Crippen LogP contribution in [0.4, 0.5) is 8.78 Å². The van der Waals surface area contributed by atoms with Gasteiger partial charge in [-0.05, 0) is 25.3 Å². The van der Waals surface area contributed by atoms with Gasteiger partial charge >= 0.3 is 6.61 Å². The number of halogens is 2. The Bertz CT molecular complexity index is 105. The molecule has 0 aliphatic carbocycles. The maximum Gasteiger partial charge on any atom is 0.345 e. The third-order valence-corrected chi connectivity index (χ3v) is 1.86. The molecule has 1 saturated heterocycles. The van der Waals surface area contributed by atoms with Crippen molar-refractivity contribution in [3.05, 3.63) is 0 Å². The molecule has 0 aromatic carbocycles. The second-order valence-electron chi connectivity index (χ2n) is 2.81. The van der Waals surface area contributed by atoms with Crippen molar-refractivity contribution in [2.24, 2.45) is 5.92 Å². The number of alkyl halides is 2. The molecule has 0 bridgehead atoms. The summed E-state index contributed by atoms with van der Waals surface area (Å²) in [7, 11) is 0. The second kappa shape index (κ2) is 4.62. The number of ether oxygens (including phenoxy) is 1. The average Bonchev–Trinajstić information content (AvgIpc) is 2.03. The molecular formula is C7H13F2NO. The Morgan fingerprint density at radius 2 is 2.36 bits per heavy atom. The molecule has 1 heterocycles. The maximum absolute atomic E-state index is 11.5. The van der Waals surface area contributed by atoms with Gasteiger partial charge in [0, 0.05) is 6.54 Å². The molecule has 0 amide bonds. The summed E-state index contributed by atoms with van der Waals surface area (Å²) >= 11 is 0. The van der Waals surface area contributed by atoms with Crippen molar-refractivity contribution in [3.63, 3.8) is 0 Å². The summed E-state index contributed by atoms with van der Waals surface area (Å²) in [6, 6.07) is 0. The topological polar surface area (TPSA) is 21.3 Å². The number of rotatable bonds is 3. The summed E-state index contributed by atoms with van der Waals surface area (Å²) in [5.41, 5.74) is 0. The summed E-state index contributed by atoms with van der Waals surface area (Å²) in [4.78, 5) is 0. The van der Waals surface area contributed by atoms with E-state index in [1.165, 1.54) is 0 Å². The van der Waals surface area contributed by atoms with Crippen molar-refractivity contribution < 1.29 is 13.5 Å². The van der Waals surface area contributed by atoms with Gasteiger partial charge in [-0.25, -0.2) is 0 Å². The predicted molar refractivity (Wildman–Crippen MR) is 37.5 cm³/mol. The largest absolute Gasteiger partial charge is 0.345 e. The van der Waals surface area contributed by atoms with Crippen LogP contribution in [-0.2, 0) is 4.74 Å². The predicted octanol–water partition coefficient (Wildman–Crippen LogP) is 1.23. The molecule has 0 radical (unpaired) electrons. The monoisotopic (exact) mass is 165 g/mol. The highest BCUT2D eigenvalue weighted by atomic mass is 19.3. The van der Waals surface area contributed by atoms with Gasteiger partial charge in [0.1, 0.15) is 0 Å². The van der Waals surface area contributed by atoms with Crippen LogP contribution in [0, 0.1) is 5.92 Å². The molecule has 1 N–H and O–H groups in total. The summed E-state index contributed by atoms with van der Waals surface area (Å²) in [6.07, 6.45) is 2.07. The molecule has 1 aliphatic heterocycles. The number of piperidine rings is 1. The second-order valence-corrected chi connectivity index (χ2v) is 2.81. The van der Waals surface area contributed by atoms with Crippen LogP contribution in [0.5, 0.6) is 0 Å². The van der Waals surface area contributed by atoms with Crippen LogP contribution in [0.15, 0.2) is 0 Å². The third-order valence-electron chi connectivity index (χ3n) is 1.86. The van der Waals surface area contributed by atoms with Gasteiger partial charge in [-0.1, -0.05) is 0 Å². The first kappa shape index (κ1) is 8.87. The first-order chi connectivity index (χ1) is 5.29. The zero-order chi connectivity index (χ0) is 8.10. The minimum Gasteiger partial charge on any atom is -0.323 e. The van der Waals surface area contributed by atoms with Gasteiger partial charge in [-0.15, -0.1) is 0 Å². The Morgan fingerprint density at radius 3 is 2.91 bits per heavy atom. The summed E-state index contributed by atoms with van der Waals surface area (Å²) in [5.74, 6) is 0.276. The Balaban J connectivity index is 2.05. The van der Waals surface area contributed by atoms with Gasteiger partial charge in [0.15, 0.2) is 0 Å². The van der Waals surface area contributed by atoms with Crippen molar-refractivity contribution in [1.29, 1.82) is 0 Å². The summed E-state index contributed by atoms with van der Waals surface area (Å²) in [6.45, 7) is -0.611. The highest BCUT2D eigenvalue weighted by Crippen LogP contribution is 2.11. The highest BCUT2D eigenvalue weighted by molar-refractivity contribution is 4.67. The van der Waals surface area contributed by atoms with E-state index in [0.29, 0.717) is 0 Å². The fourth-order valence-corrected chi connectivity index (χ4v) is 1.28. The smallest absolute Gasteiger partial charge is 0.323 e. The molecule has 11 heavy (non-hydrogen) atoms. The molecule has 0 unspecified atom stereocenters. The Hall–Kier alpha value is -0.220. The number of hydrogen-bond donors (Lipinski definition) is 1. The minimum atomic E-state index is -2.61. The van der Waals surface area contributed by atoms with Gasteiger partial charge in [0.05, 0.1) is 6.61 Å². The standard InChI is InChI=1S/C7H13F2NO/c8-7(9)11-5-6-2-1-3-10-4-6/h6-7,10H,1-5H2/t6-/m0/s1. The Labute approximate surface area is 64.9 Å². The number of hydrogen-bond acceptors (Lipinski definition) is 2. The SMILES string of the molecule is FC(F)OC[C@H]1CCCNC1. The van der Waals surface area contributed by atoms with Crippen LogP contribution in [0.3, 0.4) is 0 Å². The first-order valence-corrected chi connectivity index (χ1v) is 3.89. The molecule has 66 valence electrons. The number of nitrogens with one attached hydrogen (secondary N) is 1. The molecule has 0 aromatic heterocycles. The van der Waals surface area contributed by atoms with E-state index in [0.717, 1.165) is 25.9 Å². The highest BCUT2D eigenvalue weighted by Gasteiger charge is 2.14. The van der Waals surface area contributed by atoms with Crippen LogP contribution in [0.2, 0.25) is 0 Å². The van der Waals surface area contributed by atoms with Crippen LogP contribution in [0.1, 0.15) is 12.8 Å². The minimum absolute atomic E-state index is 0.185. The Morgan fingerprint density at radius 1 is 1.55 bits per heavy atom. The lowest BCUT2D eigenvalue weighted by atomic mass is 10.0. The average molecular weight is 165 g/mol. The normalized spacial score (nSPS) is 25.9. The molecule has 1 fully saturated rings. The zero-order valence-electron chi connectivity index (χ0n) is 6.35. The molecule has 0 aromatic rings. The maximum atomic E-state index is 11.5. The molecule has 0 saturated carbocycles. The van der Waals surface area contributed by atoms with Crippen LogP contribution >= 0.6 is 0 Å². The van der Waals surface area contributed by atoms with E-state index in [-0.39, 0.29) is 12.5 Å². The van der Waals surface area contributed by atoms with E-state index < -0.39 is 6.61 Å². The molecular weight excluding hydrogens is 152 g/mol. The van der Waals surface area contributed by atoms with Crippen molar-refractivity contribution in [2.45, 2.75) is 19.5 Å². The fraction of sp³-hybridized carbons (Fsp3) is 1.00. The van der Waals surface area contributed by atoms with Crippen LogP contribution in [0.25, 0.3) is 0 Å². The van der Waals surface area contributed by atoms with Crippen molar-refractivity contribution in [2.75, 3.05) is 19.7 Å². The molecule has 1 aliphatic rings. The van der Waals surface area contributed by atoms with E-state index in [4.69, 9.17) is 0 Å². The summed E-state index contributed by atoms with van der Waals surface area (Å²) < 4.78 is 27.3. The van der Waals surface area contributed by atoms with E-state index >= 15 is 0 Å². The van der Waals surface area contributed by atoms with Crippen LogP contribution in [-0.4, -0.2) is 26.3 Å². The molecule has 1 rings (SSSR count). The van der Waals surface area contributed by atoms with Gasteiger partial charge in [0.2, 0.25) is 0 Å². The van der Waals surface area contributed by atoms with Gasteiger partial charge in [-0.3, -0.25) is 0 Å². The third kappa shape index (κ3) is 3.62. The molecule has 4 heteroatoms. The van der Waals surface area contributed by atoms with E-state index in [9.17, 15) is 8.78 Å². The zero-order valence-corrected chi connectivity index (χ0v) is 6.35. The molecule has 0 spiro atoms. The van der Waals surface area contributed by atoms with Gasteiger partial charge in [-0.2, -0.15) is 8.78 Å². The lowest BCUT2D eigenvalue weighted by Gasteiger charge is -2.21. The van der Waals surface area contributed by atoms with Crippen molar-refractivity contribution in [3.8, 4) is 0 Å². The fourth-order valence-electron chi connectivity index (χ4n) is 1.28. The quantitative estimate of drug-likeness (QED) is 0.679. The molecule has 1 atom stereocenters. The Kier molecular flexibility index (Phi) is 3.72. The molecule has 2 nitrogen and oxygen atoms in total. The van der Waals surface area contributed by atoms with E-state index in [2.05, 4.69) is 10.1 Å². The van der Waals surface area contributed by atoms with E-state index in [1.54, 1.807) is 0 Å². The summed E-state index contributed by atoms with van der Waals surface area (Å²) in [5, 5.41) is 3.13.